The summed E-state index contributed by atoms with van der Waals surface area (Å²) in [7, 11) is 3.22. The van der Waals surface area contributed by atoms with Crippen molar-refractivity contribution in [1.82, 2.24) is 10.3 Å². The number of nitrogens with zero attached hydrogens (tertiary/aromatic N) is 1. The molecule has 1 amide bonds. The second kappa shape index (κ2) is 8.31. The topological polar surface area (TPSA) is 86.5 Å². The largest absolute Gasteiger partial charge is 0.493 e. The molecule has 7 heteroatoms. The number of carbonyl (C=O) groups excluding carboxylic acids is 1. The van der Waals surface area contributed by atoms with Crippen molar-refractivity contribution in [2.75, 3.05) is 27.3 Å². The van der Waals surface area contributed by atoms with Crippen LogP contribution in [-0.4, -0.2) is 38.2 Å². The summed E-state index contributed by atoms with van der Waals surface area (Å²) >= 11 is 1.46. The number of carbonyl (C=O) groups is 1. The minimum Gasteiger partial charge on any atom is -0.493 e. The van der Waals surface area contributed by atoms with Crippen LogP contribution < -0.4 is 20.5 Å². The zero-order chi connectivity index (χ0) is 18.4. The maximum absolute atomic E-state index is 12.3. The van der Waals surface area contributed by atoms with Crippen molar-refractivity contribution >= 4 is 17.2 Å². The summed E-state index contributed by atoms with van der Waals surface area (Å²) in [5.74, 6) is 1.18. The molecule has 0 unspecified atom stereocenters. The highest BCUT2D eigenvalue weighted by Crippen LogP contribution is 2.32. The number of methoxy groups -OCH3 is 2. The molecule has 0 aliphatic rings. The summed E-state index contributed by atoms with van der Waals surface area (Å²) in [6.45, 7) is 5.14. The van der Waals surface area contributed by atoms with Gasteiger partial charge in [0.25, 0.3) is 5.91 Å². The Morgan fingerprint density at radius 3 is 2.64 bits per heavy atom. The molecule has 0 radical (unpaired) electrons. The predicted octanol–water partition coefficient (Wildman–Crippen LogP) is 2.37. The van der Waals surface area contributed by atoms with Gasteiger partial charge >= 0.3 is 0 Å². The molecule has 2 rings (SSSR count). The van der Waals surface area contributed by atoms with Crippen LogP contribution in [0.3, 0.4) is 0 Å². The highest BCUT2D eigenvalue weighted by Gasteiger charge is 2.24. The number of aromatic nitrogens is 1. The van der Waals surface area contributed by atoms with E-state index in [0.29, 0.717) is 36.7 Å². The fourth-order valence-corrected chi connectivity index (χ4v) is 3.20. The summed E-state index contributed by atoms with van der Waals surface area (Å²) in [5.41, 5.74) is 6.73. The number of nitrogens with two attached hydrogens (primary N) is 1. The van der Waals surface area contributed by atoms with Crippen LogP contribution in [-0.2, 0) is 11.8 Å². The zero-order valence-corrected chi connectivity index (χ0v) is 15.9. The maximum Gasteiger partial charge on any atom is 0.270 e. The van der Waals surface area contributed by atoms with Crippen LogP contribution in [0.15, 0.2) is 23.6 Å². The second-order valence-corrected chi connectivity index (χ2v) is 7.24. The first-order valence-corrected chi connectivity index (χ1v) is 8.94. The van der Waals surface area contributed by atoms with Gasteiger partial charge in [-0.05, 0) is 24.2 Å². The molecule has 136 valence electrons. The summed E-state index contributed by atoms with van der Waals surface area (Å²) in [4.78, 5) is 16.6. The van der Waals surface area contributed by atoms with E-state index in [1.165, 1.54) is 11.3 Å². The SMILES string of the molecule is COc1ccc(C(C)(C)CNC(=O)c2csc(CCN)n2)cc1OC. The van der Waals surface area contributed by atoms with Gasteiger partial charge < -0.3 is 20.5 Å². The lowest BCUT2D eigenvalue weighted by atomic mass is 9.84. The van der Waals surface area contributed by atoms with E-state index in [9.17, 15) is 4.79 Å². The molecule has 0 aliphatic heterocycles. The van der Waals surface area contributed by atoms with E-state index < -0.39 is 0 Å². The molecule has 0 aliphatic carbocycles. The van der Waals surface area contributed by atoms with E-state index in [4.69, 9.17) is 15.2 Å². The first kappa shape index (κ1) is 19.2. The number of thiazole rings is 1. The number of hydrogen-bond acceptors (Lipinski definition) is 6. The molecule has 0 atom stereocenters. The summed E-state index contributed by atoms with van der Waals surface area (Å²) in [6, 6.07) is 5.79. The molecular formula is C18H25N3O3S. The van der Waals surface area contributed by atoms with Gasteiger partial charge in [0.1, 0.15) is 5.69 Å². The Morgan fingerprint density at radius 1 is 1.28 bits per heavy atom. The quantitative estimate of drug-likeness (QED) is 0.752. The van der Waals surface area contributed by atoms with Crippen molar-refractivity contribution in [3.8, 4) is 11.5 Å². The number of hydrogen-bond donors (Lipinski definition) is 2. The number of nitrogens with one attached hydrogen (secondary N) is 1. The molecule has 0 saturated carbocycles. The van der Waals surface area contributed by atoms with Crippen LogP contribution >= 0.6 is 11.3 Å². The second-order valence-electron chi connectivity index (χ2n) is 6.30. The Balaban J connectivity index is 2.06. The molecule has 1 aromatic carbocycles. The smallest absolute Gasteiger partial charge is 0.270 e. The number of benzene rings is 1. The van der Waals surface area contributed by atoms with Crippen LogP contribution in [0.2, 0.25) is 0 Å². The van der Waals surface area contributed by atoms with Crippen LogP contribution in [0.4, 0.5) is 0 Å². The first-order valence-electron chi connectivity index (χ1n) is 8.06. The fraction of sp³-hybridized carbons (Fsp3) is 0.444. The zero-order valence-electron chi connectivity index (χ0n) is 15.1. The average molecular weight is 363 g/mol. The molecule has 2 aromatic rings. The molecule has 0 bridgehead atoms. The van der Waals surface area contributed by atoms with Crippen molar-refractivity contribution in [1.29, 1.82) is 0 Å². The Labute approximate surface area is 152 Å². The third-order valence-electron chi connectivity index (χ3n) is 4.00. The average Bonchev–Trinajstić information content (AvgIpc) is 3.08. The molecule has 0 saturated heterocycles. The van der Waals surface area contributed by atoms with Gasteiger partial charge in [0, 0.05) is 23.8 Å². The summed E-state index contributed by atoms with van der Waals surface area (Å²) < 4.78 is 10.6. The molecule has 0 fully saturated rings. The van der Waals surface area contributed by atoms with Crippen molar-refractivity contribution in [3.63, 3.8) is 0 Å². The molecule has 1 aromatic heterocycles. The van der Waals surface area contributed by atoms with Gasteiger partial charge in [0.15, 0.2) is 11.5 Å². The van der Waals surface area contributed by atoms with Gasteiger partial charge in [-0.1, -0.05) is 19.9 Å². The van der Waals surface area contributed by atoms with Crippen LogP contribution in [0.25, 0.3) is 0 Å². The number of ether oxygens (including phenoxy) is 2. The molecule has 25 heavy (non-hydrogen) atoms. The summed E-state index contributed by atoms with van der Waals surface area (Å²) in [5, 5.41) is 5.61. The Bertz CT molecular complexity index is 728. The van der Waals surface area contributed by atoms with Gasteiger partial charge in [0.2, 0.25) is 0 Å². The number of rotatable bonds is 8. The van der Waals surface area contributed by atoms with E-state index in [1.807, 2.05) is 18.2 Å². The van der Waals surface area contributed by atoms with Gasteiger partial charge in [-0.25, -0.2) is 4.98 Å². The third-order valence-corrected chi connectivity index (χ3v) is 4.91. The maximum atomic E-state index is 12.3. The lowest BCUT2D eigenvalue weighted by Crippen LogP contribution is -2.36. The van der Waals surface area contributed by atoms with Crippen molar-refractivity contribution in [3.05, 3.63) is 39.8 Å². The Hall–Kier alpha value is -2.12. The summed E-state index contributed by atoms with van der Waals surface area (Å²) in [6.07, 6.45) is 0.690. The van der Waals surface area contributed by atoms with E-state index in [2.05, 4.69) is 24.1 Å². The molecule has 0 spiro atoms. The fourth-order valence-electron chi connectivity index (χ4n) is 2.40. The van der Waals surface area contributed by atoms with Gasteiger partial charge in [-0.15, -0.1) is 11.3 Å². The van der Waals surface area contributed by atoms with Crippen LogP contribution in [0.1, 0.15) is 34.9 Å². The Kier molecular flexibility index (Phi) is 6.39. The van der Waals surface area contributed by atoms with E-state index in [-0.39, 0.29) is 11.3 Å². The number of amides is 1. The van der Waals surface area contributed by atoms with Gasteiger partial charge in [-0.3, -0.25) is 4.79 Å². The lowest BCUT2D eigenvalue weighted by Gasteiger charge is -2.26. The van der Waals surface area contributed by atoms with Crippen molar-refractivity contribution < 1.29 is 14.3 Å². The standard InChI is InChI=1S/C18H25N3O3S/c1-18(2,12-5-6-14(23-3)15(9-12)24-4)11-20-17(22)13-10-25-16(21-13)7-8-19/h5-6,9-10H,7-8,11,19H2,1-4H3,(H,20,22). The first-order chi connectivity index (χ1) is 11.9. The van der Waals surface area contributed by atoms with Crippen LogP contribution in [0, 0.1) is 0 Å². The third kappa shape index (κ3) is 4.70. The Morgan fingerprint density at radius 2 is 2.00 bits per heavy atom. The minimum absolute atomic E-state index is 0.173. The van der Waals surface area contributed by atoms with E-state index in [0.717, 1.165) is 10.6 Å². The molecule has 6 nitrogen and oxygen atoms in total. The molecule has 1 heterocycles. The molecule has 3 N–H and O–H groups in total. The van der Waals surface area contributed by atoms with E-state index in [1.54, 1.807) is 19.6 Å². The van der Waals surface area contributed by atoms with E-state index >= 15 is 0 Å². The predicted molar refractivity (Wildman–Crippen MR) is 99.8 cm³/mol. The van der Waals surface area contributed by atoms with Gasteiger partial charge in [0.05, 0.1) is 19.2 Å². The van der Waals surface area contributed by atoms with Crippen molar-refractivity contribution in [2.24, 2.45) is 5.73 Å². The monoisotopic (exact) mass is 363 g/mol. The lowest BCUT2D eigenvalue weighted by molar-refractivity contribution is 0.0941. The van der Waals surface area contributed by atoms with Crippen molar-refractivity contribution in [2.45, 2.75) is 25.7 Å². The minimum atomic E-state index is -0.272. The highest BCUT2D eigenvalue weighted by atomic mass is 32.1. The van der Waals surface area contributed by atoms with Crippen LogP contribution in [0.5, 0.6) is 11.5 Å². The van der Waals surface area contributed by atoms with Gasteiger partial charge in [-0.2, -0.15) is 0 Å². The normalized spacial score (nSPS) is 11.2. The highest BCUT2D eigenvalue weighted by molar-refractivity contribution is 7.09. The molecular weight excluding hydrogens is 338 g/mol.